The molecule has 1 spiro atoms. The van der Waals surface area contributed by atoms with Crippen molar-refractivity contribution in [3.8, 4) is 11.5 Å². The highest BCUT2D eigenvalue weighted by Gasteiger charge is 2.42. The molecule has 2 heterocycles. The molecule has 0 amide bonds. The number of para-hydroxylation sites is 1. The van der Waals surface area contributed by atoms with Crippen LogP contribution in [0.1, 0.15) is 16.7 Å². The fourth-order valence-corrected chi connectivity index (χ4v) is 4.34. The summed E-state index contributed by atoms with van der Waals surface area (Å²) in [6.45, 7) is 0. The van der Waals surface area contributed by atoms with E-state index in [9.17, 15) is 0 Å². The molecule has 2 aliphatic rings. The number of rotatable bonds is 2. The molecule has 0 saturated carbocycles. The molecule has 4 aromatic rings. The summed E-state index contributed by atoms with van der Waals surface area (Å²) in [5.41, 5.74) is 4.49. The summed E-state index contributed by atoms with van der Waals surface area (Å²) >= 11 is 0. The molecule has 4 aromatic carbocycles. The lowest BCUT2D eigenvalue weighted by molar-refractivity contribution is -0.0427. The van der Waals surface area contributed by atoms with Crippen molar-refractivity contribution in [2.24, 2.45) is 0 Å². The van der Waals surface area contributed by atoms with E-state index >= 15 is 0 Å². The van der Waals surface area contributed by atoms with Gasteiger partial charge >= 0.3 is 0 Å². The molecule has 6 rings (SSSR count). The molecule has 144 valence electrons. The first-order valence-electron chi connectivity index (χ1n) is 10.2. The van der Waals surface area contributed by atoms with E-state index in [2.05, 4.69) is 72.8 Å². The lowest BCUT2D eigenvalue weighted by Crippen LogP contribution is -2.46. The minimum atomic E-state index is -0.945. The highest BCUT2D eigenvalue weighted by atomic mass is 16.7. The van der Waals surface area contributed by atoms with Gasteiger partial charge in [0, 0.05) is 29.2 Å². The van der Waals surface area contributed by atoms with Gasteiger partial charge in [0.2, 0.25) is 0 Å². The Kier molecular flexibility index (Phi) is 3.78. The Bertz CT molecular complexity index is 1320. The maximum atomic E-state index is 6.63. The van der Waals surface area contributed by atoms with Gasteiger partial charge in [0.1, 0.15) is 11.5 Å². The third kappa shape index (κ3) is 2.73. The minimum Gasteiger partial charge on any atom is -0.444 e. The van der Waals surface area contributed by atoms with Crippen LogP contribution in [-0.4, -0.2) is 5.79 Å². The molecular weight excluding hydrogens is 368 g/mol. The quantitative estimate of drug-likeness (QED) is 0.382. The van der Waals surface area contributed by atoms with Crippen LogP contribution in [0.5, 0.6) is 11.5 Å². The molecule has 0 aromatic heterocycles. The normalized spacial score (nSPS) is 18.9. The van der Waals surface area contributed by atoms with Crippen molar-refractivity contribution in [3.05, 3.63) is 119 Å². The lowest BCUT2D eigenvalue weighted by atomic mass is 9.89. The average Bonchev–Trinajstić information content (AvgIpc) is 2.80. The highest BCUT2D eigenvalue weighted by Crippen LogP contribution is 2.44. The van der Waals surface area contributed by atoms with E-state index in [-0.39, 0.29) is 0 Å². The number of fused-ring (bicyclic) bond motifs is 4. The molecule has 0 aliphatic carbocycles. The zero-order chi connectivity index (χ0) is 20.0. The smallest absolute Gasteiger partial charge is 0.295 e. The SMILES string of the molecule is C1=CC2(Oc3ccccc31)Oc1ccc3ccccc3c1C=C2Cc1ccccc1. The number of ether oxygens (including phenoxy) is 2. The van der Waals surface area contributed by atoms with Gasteiger partial charge in [-0.15, -0.1) is 0 Å². The van der Waals surface area contributed by atoms with E-state index in [1.54, 1.807) is 0 Å². The van der Waals surface area contributed by atoms with Crippen molar-refractivity contribution in [1.29, 1.82) is 0 Å². The molecule has 1 atom stereocenters. The van der Waals surface area contributed by atoms with Crippen LogP contribution in [-0.2, 0) is 6.42 Å². The molecule has 1 unspecified atom stereocenters. The van der Waals surface area contributed by atoms with Crippen LogP contribution in [0.15, 0.2) is 103 Å². The van der Waals surface area contributed by atoms with Crippen LogP contribution in [0.2, 0.25) is 0 Å². The fraction of sp³-hybridized carbons (Fsp3) is 0.0714. The second-order valence-corrected chi connectivity index (χ2v) is 7.77. The van der Waals surface area contributed by atoms with Gasteiger partial charge < -0.3 is 9.47 Å². The topological polar surface area (TPSA) is 18.5 Å². The monoisotopic (exact) mass is 388 g/mol. The Balaban J connectivity index is 1.54. The van der Waals surface area contributed by atoms with Crippen molar-refractivity contribution < 1.29 is 9.47 Å². The summed E-state index contributed by atoms with van der Waals surface area (Å²) in [4.78, 5) is 0. The Hall–Kier alpha value is -3.78. The molecule has 30 heavy (non-hydrogen) atoms. The van der Waals surface area contributed by atoms with E-state index in [1.165, 1.54) is 16.3 Å². The lowest BCUT2D eigenvalue weighted by Gasteiger charge is -2.40. The van der Waals surface area contributed by atoms with Crippen LogP contribution in [0.4, 0.5) is 0 Å². The average molecular weight is 388 g/mol. The Morgan fingerprint density at radius 1 is 0.667 bits per heavy atom. The maximum absolute atomic E-state index is 6.63. The van der Waals surface area contributed by atoms with Crippen LogP contribution in [0, 0.1) is 0 Å². The van der Waals surface area contributed by atoms with Crippen LogP contribution < -0.4 is 9.47 Å². The third-order valence-electron chi connectivity index (χ3n) is 5.86. The Labute approximate surface area is 175 Å². The molecule has 0 fully saturated rings. The summed E-state index contributed by atoms with van der Waals surface area (Å²) < 4.78 is 13.2. The maximum Gasteiger partial charge on any atom is 0.295 e. The zero-order valence-corrected chi connectivity index (χ0v) is 16.4. The predicted octanol–water partition coefficient (Wildman–Crippen LogP) is 6.66. The van der Waals surface area contributed by atoms with Crippen LogP contribution in [0.25, 0.3) is 22.9 Å². The highest BCUT2D eigenvalue weighted by molar-refractivity contribution is 5.94. The molecule has 2 nitrogen and oxygen atoms in total. The summed E-state index contributed by atoms with van der Waals surface area (Å²) in [7, 11) is 0. The van der Waals surface area contributed by atoms with Gasteiger partial charge in [-0.3, -0.25) is 0 Å². The molecule has 2 aliphatic heterocycles. The Morgan fingerprint density at radius 2 is 1.43 bits per heavy atom. The molecule has 0 saturated heterocycles. The van der Waals surface area contributed by atoms with E-state index in [4.69, 9.17) is 9.47 Å². The summed E-state index contributed by atoms with van der Waals surface area (Å²) in [5, 5.41) is 2.40. The molecule has 0 radical (unpaired) electrons. The summed E-state index contributed by atoms with van der Waals surface area (Å²) in [6, 6.07) is 31.1. The largest absolute Gasteiger partial charge is 0.444 e. The van der Waals surface area contributed by atoms with Gasteiger partial charge in [0.25, 0.3) is 5.79 Å². The summed E-state index contributed by atoms with van der Waals surface area (Å²) in [5.74, 6) is 0.734. The third-order valence-corrected chi connectivity index (χ3v) is 5.86. The fourth-order valence-electron chi connectivity index (χ4n) is 4.34. The van der Waals surface area contributed by atoms with Crippen molar-refractivity contribution in [1.82, 2.24) is 0 Å². The van der Waals surface area contributed by atoms with Crippen molar-refractivity contribution >= 4 is 22.9 Å². The van der Waals surface area contributed by atoms with Gasteiger partial charge in [-0.1, -0.05) is 78.9 Å². The van der Waals surface area contributed by atoms with Gasteiger partial charge in [0.15, 0.2) is 0 Å². The second-order valence-electron chi connectivity index (χ2n) is 7.77. The summed E-state index contributed by atoms with van der Waals surface area (Å²) in [6.07, 6.45) is 7.15. The first kappa shape index (κ1) is 17.1. The second kappa shape index (κ2) is 6.64. The number of benzene rings is 4. The van der Waals surface area contributed by atoms with E-state index in [1.807, 2.05) is 36.4 Å². The van der Waals surface area contributed by atoms with Gasteiger partial charge in [-0.25, -0.2) is 0 Å². The van der Waals surface area contributed by atoms with Gasteiger partial charge in [0.05, 0.1) is 0 Å². The van der Waals surface area contributed by atoms with Crippen molar-refractivity contribution in [3.63, 3.8) is 0 Å². The first-order chi connectivity index (χ1) is 14.8. The van der Waals surface area contributed by atoms with Gasteiger partial charge in [-0.2, -0.15) is 0 Å². The van der Waals surface area contributed by atoms with Crippen molar-refractivity contribution in [2.45, 2.75) is 12.2 Å². The van der Waals surface area contributed by atoms with Gasteiger partial charge in [-0.05, 0) is 40.6 Å². The molecular formula is C28H20O2. The van der Waals surface area contributed by atoms with E-state index in [0.717, 1.165) is 34.6 Å². The minimum absolute atomic E-state index is 0.746. The molecule has 2 heteroatoms. The van der Waals surface area contributed by atoms with Crippen molar-refractivity contribution in [2.75, 3.05) is 0 Å². The van der Waals surface area contributed by atoms with Crippen LogP contribution in [0.3, 0.4) is 0 Å². The standard InChI is InChI=1S/C28H20O2/c1-2-8-20(9-3-1)18-23-19-25-24-12-6-4-10-21(24)14-15-27(25)30-28(23)17-16-22-11-5-7-13-26(22)29-28/h1-17,19H,18H2. The predicted molar refractivity (Wildman–Crippen MR) is 122 cm³/mol. The number of hydrogen-bond acceptors (Lipinski definition) is 2. The number of hydrogen-bond donors (Lipinski definition) is 0. The van der Waals surface area contributed by atoms with Crippen LogP contribution >= 0.6 is 0 Å². The zero-order valence-electron chi connectivity index (χ0n) is 16.4. The van der Waals surface area contributed by atoms with E-state index < -0.39 is 5.79 Å². The molecule has 0 bridgehead atoms. The van der Waals surface area contributed by atoms with E-state index in [0.29, 0.717) is 0 Å². The first-order valence-corrected chi connectivity index (χ1v) is 10.2. The molecule has 0 N–H and O–H groups in total. The Morgan fingerprint density at radius 3 is 2.37 bits per heavy atom.